The standard InChI is InChI=1S/C39H43FO9/c1-20-17-29(47-35(44)21(20)2)22(3)27-18-32(46-23(4)41)38(45)28-19-33-39(49-33)31(48-34(43)14-9-24-7-10-25(40)11-8-24)13-12-30(42)37(39,6)26(28)15-16-36(27,38)5/h7-14,18,22,26,28-29,31-33,45H,15-17,19H2,1-6H3. The number of cyclic esters (lactones) is 1. The fraction of sp³-hybridized carbons (Fsp3) is 0.538. The quantitative estimate of drug-likeness (QED) is 0.139. The minimum Gasteiger partial charge on any atom is -0.458 e. The summed E-state index contributed by atoms with van der Waals surface area (Å²) in [5, 5.41) is 13.1. The third kappa shape index (κ3) is 4.69. The van der Waals surface area contributed by atoms with Crippen molar-refractivity contribution in [2.24, 2.45) is 28.6 Å². The number of allylic oxidation sites excluding steroid dienone is 1. The molecule has 9 nitrogen and oxygen atoms in total. The number of ketones is 1. The van der Waals surface area contributed by atoms with Crippen LogP contribution < -0.4 is 0 Å². The van der Waals surface area contributed by atoms with Crippen LogP contribution in [0.4, 0.5) is 4.39 Å². The molecule has 0 radical (unpaired) electrons. The molecule has 1 saturated heterocycles. The van der Waals surface area contributed by atoms with Crippen LogP contribution >= 0.6 is 0 Å². The van der Waals surface area contributed by atoms with Crippen molar-refractivity contribution in [2.75, 3.05) is 0 Å². The van der Waals surface area contributed by atoms with Gasteiger partial charge in [-0.2, -0.15) is 0 Å². The molecule has 1 aromatic carbocycles. The van der Waals surface area contributed by atoms with Crippen LogP contribution in [0.25, 0.3) is 6.08 Å². The van der Waals surface area contributed by atoms with Crippen LogP contribution in [0.2, 0.25) is 0 Å². The highest BCUT2D eigenvalue weighted by Gasteiger charge is 2.83. The molecular weight excluding hydrogens is 631 g/mol. The Morgan fingerprint density at radius 1 is 1.08 bits per heavy atom. The zero-order valence-electron chi connectivity index (χ0n) is 28.7. The van der Waals surface area contributed by atoms with Gasteiger partial charge in [0, 0.05) is 36.3 Å². The van der Waals surface area contributed by atoms with Gasteiger partial charge < -0.3 is 24.1 Å². The summed E-state index contributed by atoms with van der Waals surface area (Å²) in [5.41, 5.74) is -1.64. The first kappa shape index (κ1) is 33.6. The first-order valence-electron chi connectivity index (χ1n) is 17.1. The Bertz CT molecular complexity index is 1760. The monoisotopic (exact) mass is 674 g/mol. The SMILES string of the molecule is CC(=O)OC1C=C(C(C)C2CC(C)=C(C)C(=O)O2)C2(C)CCC3C(CC4OC45C(OC(=O)C=Cc4ccc(F)cc4)C=CC(=O)C35C)C12O. The summed E-state index contributed by atoms with van der Waals surface area (Å²) >= 11 is 0. The average molecular weight is 675 g/mol. The zero-order chi connectivity index (χ0) is 35.3. The van der Waals surface area contributed by atoms with E-state index in [4.69, 9.17) is 18.9 Å². The molecule has 0 amide bonds. The van der Waals surface area contributed by atoms with Gasteiger partial charge in [0.1, 0.15) is 29.2 Å². The number of fused-ring (bicyclic) bond motifs is 4. The van der Waals surface area contributed by atoms with E-state index >= 15 is 0 Å². The number of hydrogen-bond acceptors (Lipinski definition) is 9. The molecule has 1 aromatic rings. The Kier molecular flexibility index (Phi) is 7.76. The van der Waals surface area contributed by atoms with Gasteiger partial charge in [0.25, 0.3) is 0 Å². The van der Waals surface area contributed by atoms with E-state index < -0.39 is 64.3 Å². The highest BCUT2D eigenvalue weighted by atomic mass is 19.1. The van der Waals surface area contributed by atoms with Gasteiger partial charge in [-0.1, -0.05) is 37.1 Å². The summed E-state index contributed by atoms with van der Waals surface area (Å²) < 4.78 is 37.5. The molecule has 2 heterocycles. The lowest BCUT2D eigenvalue weighted by Gasteiger charge is -2.61. The maximum atomic E-state index is 14.0. The molecular formula is C39H43FO9. The Hall–Kier alpha value is -3.89. The highest BCUT2D eigenvalue weighted by molar-refractivity contribution is 5.98. The molecule has 0 aromatic heterocycles. The van der Waals surface area contributed by atoms with E-state index in [0.29, 0.717) is 36.8 Å². The molecule has 7 rings (SSSR count). The highest BCUT2D eigenvalue weighted by Crippen LogP contribution is 2.74. The molecule has 1 spiro atoms. The van der Waals surface area contributed by atoms with Crippen LogP contribution in [0.1, 0.15) is 72.8 Å². The Labute approximate surface area is 285 Å². The number of carbonyl (C=O) groups excluding carboxylic acids is 4. The predicted octanol–water partition coefficient (Wildman–Crippen LogP) is 5.36. The molecule has 11 unspecified atom stereocenters. The number of carbonyl (C=O) groups is 4. The van der Waals surface area contributed by atoms with Gasteiger partial charge in [-0.15, -0.1) is 0 Å². The number of esters is 3. The van der Waals surface area contributed by atoms with Gasteiger partial charge in [-0.05, 0) is 93.9 Å². The van der Waals surface area contributed by atoms with Crippen LogP contribution in [-0.2, 0) is 38.1 Å². The van der Waals surface area contributed by atoms with E-state index in [0.717, 1.165) is 11.1 Å². The fourth-order valence-corrected chi connectivity index (χ4v) is 10.1. The molecule has 260 valence electrons. The number of halogens is 1. The molecule has 10 heteroatoms. The molecule has 6 aliphatic rings. The van der Waals surface area contributed by atoms with Crippen LogP contribution in [0.3, 0.4) is 0 Å². The van der Waals surface area contributed by atoms with Crippen molar-refractivity contribution in [3.05, 3.63) is 76.7 Å². The van der Waals surface area contributed by atoms with Gasteiger partial charge in [0.15, 0.2) is 11.9 Å². The van der Waals surface area contributed by atoms with Crippen molar-refractivity contribution in [1.82, 2.24) is 0 Å². The number of hydrogen-bond donors (Lipinski definition) is 1. The topological polar surface area (TPSA) is 129 Å². The third-order valence-corrected chi connectivity index (χ3v) is 13.0. The van der Waals surface area contributed by atoms with Crippen LogP contribution in [0, 0.1) is 34.4 Å². The lowest BCUT2D eigenvalue weighted by molar-refractivity contribution is -0.225. The zero-order valence-corrected chi connectivity index (χ0v) is 28.7. The second kappa shape index (κ2) is 11.3. The van der Waals surface area contributed by atoms with Crippen molar-refractivity contribution in [1.29, 1.82) is 0 Å². The third-order valence-electron chi connectivity index (χ3n) is 13.0. The van der Waals surface area contributed by atoms with Gasteiger partial charge >= 0.3 is 17.9 Å². The molecule has 4 aliphatic carbocycles. The minimum absolute atomic E-state index is 0.165. The number of ether oxygens (including phenoxy) is 4. The van der Waals surface area contributed by atoms with Crippen molar-refractivity contribution >= 4 is 29.8 Å². The van der Waals surface area contributed by atoms with Crippen LogP contribution in [-0.4, -0.2) is 64.4 Å². The summed E-state index contributed by atoms with van der Waals surface area (Å²) in [6, 6.07) is 5.69. The van der Waals surface area contributed by atoms with Crippen molar-refractivity contribution < 1.29 is 47.6 Å². The number of epoxide rings is 1. The largest absolute Gasteiger partial charge is 0.458 e. The summed E-state index contributed by atoms with van der Waals surface area (Å²) in [5.74, 6) is -3.25. The maximum absolute atomic E-state index is 14.0. The Morgan fingerprint density at radius 2 is 1.80 bits per heavy atom. The van der Waals surface area contributed by atoms with E-state index in [2.05, 4.69) is 0 Å². The van der Waals surface area contributed by atoms with Crippen molar-refractivity contribution in [3.63, 3.8) is 0 Å². The molecule has 3 fully saturated rings. The molecule has 2 saturated carbocycles. The van der Waals surface area contributed by atoms with Crippen molar-refractivity contribution in [3.8, 4) is 0 Å². The molecule has 11 atom stereocenters. The molecule has 49 heavy (non-hydrogen) atoms. The fourth-order valence-electron chi connectivity index (χ4n) is 10.1. The number of benzene rings is 1. The predicted molar refractivity (Wildman–Crippen MR) is 175 cm³/mol. The first-order chi connectivity index (χ1) is 23.1. The van der Waals surface area contributed by atoms with E-state index in [1.54, 1.807) is 25.1 Å². The second-order valence-corrected chi connectivity index (χ2v) is 15.2. The molecule has 0 bridgehead atoms. The van der Waals surface area contributed by atoms with E-state index in [9.17, 15) is 28.7 Å². The van der Waals surface area contributed by atoms with E-state index in [1.807, 2.05) is 33.8 Å². The Balaban J connectivity index is 1.19. The summed E-state index contributed by atoms with van der Waals surface area (Å²) in [6.45, 7) is 10.8. The van der Waals surface area contributed by atoms with Crippen molar-refractivity contribution in [2.45, 2.75) is 103 Å². The first-order valence-corrected chi connectivity index (χ1v) is 17.1. The summed E-state index contributed by atoms with van der Waals surface area (Å²) in [7, 11) is 0. The van der Waals surface area contributed by atoms with Crippen LogP contribution in [0.5, 0.6) is 0 Å². The molecule has 2 aliphatic heterocycles. The number of aliphatic hydroxyl groups is 1. The van der Waals surface area contributed by atoms with Gasteiger partial charge in [0.2, 0.25) is 0 Å². The lowest BCUT2D eigenvalue weighted by Crippen LogP contribution is -2.70. The summed E-state index contributed by atoms with van der Waals surface area (Å²) in [4.78, 5) is 52.3. The van der Waals surface area contributed by atoms with Gasteiger partial charge in [0.05, 0.1) is 11.5 Å². The number of rotatable bonds is 6. The molecule has 1 N–H and O–H groups in total. The normalized spacial score (nSPS) is 41.2. The minimum atomic E-state index is -1.59. The van der Waals surface area contributed by atoms with Crippen LogP contribution in [0.15, 0.2) is 65.3 Å². The summed E-state index contributed by atoms with van der Waals surface area (Å²) in [6.07, 6.45) is 6.84. The van der Waals surface area contributed by atoms with E-state index in [-0.39, 0.29) is 29.4 Å². The van der Waals surface area contributed by atoms with Gasteiger partial charge in [-0.25, -0.2) is 14.0 Å². The maximum Gasteiger partial charge on any atom is 0.333 e. The average Bonchev–Trinajstić information content (AvgIpc) is 3.74. The Morgan fingerprint density at radius 3 is 2.47 bits per heavy atom. The van der Waals surface area contributed by atoms with Gasteiger partial charge in [-0.3, -0.25) is 9.59 Å². The second-order valence-electron chi connectivity index (χ2n) is 15.2. The smallest absolute Gasteiger partial charge is 0.333 e. The lowest BCUT2D eigenvalue weighted by atomic mass is 9.42. The van der Waals surface area contributed by atoms with E-state index in [1.165, 1.54) is 37.3 Å².